The molecule has 0 amide bonds. The minimum atomic E-state index is -1.30. The third kappa shape index (κ3) is 6.10. The van der Waals surface area contributed by atoms with Crippen LogP contribution in [0.3, 0.4) is 0 Å². The summed E-state index contributed by atoms with van der Waals surface area (Å²) in [6.07, 6.45) is 9.20. The van der Waals surface area contributed by atoms with Gasteiger partial charge in [0, 0.05) is 12.3 Å². The van der Waals surface area contributed by atoms with Gasteiger partial charge < -0.3 is 34.6 Å². The number of allylic oxidation sites excluding steroid dienone is 1. The fraction of sp³-hybridized carbons (Fsp3) is 0.912. The Morgan fingerprint density at radius 2 is 1.90 bits per heavy atom. The Balaban J connectivity index is 1.23. The molecular weight excluding hydrogens is 536 g/mol. The number of rotatable bonds is 9. The van der Waals surface area contributed by atoms with Crippen LogP contribution in [-0.4, -0.2) is 75.9 Å². The molecule has 4 fully saturated rings. The average Bonchev–Trinajstić information content (AvgIpc) is 3.29. The van der Waals surface area contributed by atoms with Gasteiger partial charge in [-0.3, -0.25) is 4.79 Å². The minimum Gasteiger partial charge on any atom is -0.457 e. The van der Waals surface area contributed by atoms with Gasteiger partial charge in [-0.15, -0.1) is 0 Å². The summed E-state index contributed by atoms with van der Waals surface area (Å²) < 4.78 is 17.0. The maximum absolute atomic E-state index is 11.3. The highest BCUT2D eigenvalue weighted by Gasteiger charge is 2.60. The molecule has 3 saturated carbocycles. The van der Waals surface area contributed by atoms with Gasteiger partial charge in [-0.2, -0.15) is 0 Å². The summed E-state index contributed by atoms with van der Waals surface area (Å²) in [5, 5.41) is 42.3. The van der Waals surface area contributed by atoms with Crippen molar-refractivity contribution in [2.45, 2.75) is 142 Å². The molecule has 0 aromatic rings. The monoisotopic (exact) mass is 592 g/mol. The van der Waals surface area contributed by atoms with E-state index in [1.54, 1.807) is 0 Å². The van der Waals surface area contributed by atoms with Crippen molar-refractivity contribution in [3.8, 4) is 0 Å². The van der Waals surface area contributed by atoms with Crippen molar-refractivity contribution < 1.29 is 39.4 Å². The van der Waals surface area contributed by atoms with Crippen molar-refractivity contribution in [2.24, 2.45) is 40.4 Å². The predicted octanol–water partition coefficient (Wildman–Crippen LogP) is 4.51. The number of carbonyl (C=O) groups excluding carboxylic acids is 1. The van der Waals surface area contributed by atoms with E-state index in [9.17, 15) is 25.2 Å². The van der Waals surface area contributed by atoms with Crippen LogP contribution < -0.4 is 0 Å². The number of ether oxygens (including phenoxy) is 3. The van der Waals surface area contributed by atoms with Crippen molar-refractivity contribution in [3.63, 3.8) is 0 Å². The second-order valence-corrected chi connectivity index (χ2v) is 15.4. The van der Waals surface area contributed by atoms with Gasteiger partial charge >= 0.3 is 5.97 Å². The second-order valence-electron chi connectivity index (χ2n) is 15.4. The summed E-state index contributed by atoms with van der Waals surface area (Å²) in [6, 6.07) is 0. The molecule has 0 bridgehead atoms. The van der Waals surface area contributed by atoms with Gasteiger partial charge in [-0.05, 0) is 107 Å². The molecule has 5 rings (SSSR count). The Labute approximate surface area is 252 Å². The molecule has 1 aliphatic heterocycles. The molecule has 7 unspecified atom stereocenters. The molecule has 4 aliphatic carbocycles. The fourth-order valence-electron chi connectivity index (χ4n) is 10.3. The van der Waals surface area contributed by atoms with Crippen LogP contribution in [0.4, 0.5) is 0 Å². The summed E-state index contributed by atoms with van der Waals surface area (Å²) >= 11 is 0. The smallest absolute Gasteiger partial charge is 0.303 e. The standard InChI is InChI=1S/C34H56O8/c1-20(7-6-14-32(3,4)39)25-10-11-26-24-9-8-22-17-23(12-16-34(22,19-35)27(24)13-15-33(25,26)5)42-31-30(38)29(37)28(18-40-31)41-21(2)36/h8,20,23-31,35,37-39H,6-7,9-19H2,1-5H3/t20?,23-,24?,25?,26?,27?,28+,29?,30?,31-,33+,34+/m0/s1. The van der Waals surface area contributed by atoms with Crippen molar-refractivity contribution in [1.82, 2.24) is 0 Å². The molecule has 240 valence electrons. The van der Waals surface area contributed by atoms with E-state index in [-0.39, 0.29) is 24.7 Å². The maximum atomic E-state index is 11.3. The van der Waals surface area contributed by atoms with E-state index >= 15 is 0 Å². The molecule has 1 saturated heterocycles. The van der Waals surface area contributed by atoms with Crippen LogP contribution in [0.25, 0.3) is 0 Å². The van der Waals surface area contributed by atoms with E-state index < -0.39 is 36.2 Å². The molecule has 0 spiro atoms. The second kappa shape index (κ2) is 12.4. The highest BCUT2D eigenvalue weighted by molar-refractivity contribution is 5.66. The Morgan fingerprint density at radius 1 is 1.14 bits per heavy atom. The van der Waals surface area contributed by atoms with Crippen LogP contribution in [0.2, 0.25) is 0 Å². The van der Waals surface area contributed by atoms with E-state index in [2.05, 4.69) is 19.9 Å². The Morgan fingerprint density at radius 3 is 2.60 bits per heavy atom. The van der Waals surface area contributed by atoms with Gasteiger partial charge in [-0.1, -0.05) is 38.3 Å². The molecule has 0 aromatic carbocycles. The lowest BCUT2D eigenvalue weighted by molar-refractivity contribution is -0.287. The van der Waals surface area contributed by atoms with Crippen molar-refractivity contribution >= 4 is 5.97 Å². The number of fused-ring (bicyclic) bond motifs is 5. The average molecular weight is 593 g/mol. The lowest BCUT2D eigenvalue weighted by atomic mass is 9.46. The van der Waals surface area contributed by atoms with Crippen LogP contribution in [0.1, 0.15) is 105 Å². The first-order valence-electron chi connectivity index (χ1n) is 16.6. The third-order valence-corrected chi connectivity index (χ3v) is 12.4. The number of carbonyl (C=O) groups is 1. The topological polar surface area (TPSA) is 126 Å². The molecule has 42 heavy (non-hydrogen) atoms. The third-order valence-electron chi connectivity index (χ3n) is 12.4. The van der Waals surface area contributed by atoms with E-state index in [4.69, 9.17) is 14.2 Å². The van der Waals surface area contributed by atoms with Gasteiger partial charge in [0.05, 0.1) is 24.9 Å². The summed E-state index contributed by atoms with van der Waals surface area (Å²) in [5.74, 6) is 2.62. The van der Waals surface area contributed by atoms with Crippen LogP contribution in [0.15, 0.2) is 11.6 Å². The molecule has 1 heterocycles. The van der Waals surface area contributed by atoms with E-state index in [1.165, 1.54) is 38.2 Å². The molecule has 8 heteroatoms. The van der Waals surface area contributed by atoms with Crippen molar-refractivity contribution in [1.29, 1.82) is 0 Å². The first-order chi connectivity index (χ1) is 19.8. The van der Waals surface area contributed by atoms with Crippen molar-refractivity contribution in [2.75, 3.05) is 13.2 Å². The molecular formula is C34H56O8. The summed E-state index contributed by atoms with van der Waals surface area (Å²) in [5.41, 5.74) is 0.848. The lowest BCUT2D eigenvalue weighted by Crippen LogP contribution is -2.56. The number of aliphatic hydroxyl groups excluding tert-OH is 3. The van der Waals surface area contributed by atoms with Crippen LogP contribution in [0, 0.1) is 40.4 Å². The van der Waals surface area contributed by atoms with Crippen LogP contribution in [-0.2, 0) is 19.0 Å². The number of hydrogen-bond acceptors (Lipinski definition) is 8. The highest BCUT2D eigenvalue weighted by atomic mass is 16.7. The van der Waals surface area contributed by atoms with Crippen LogP contribution >= 0.6 is 0 Å². The summed E-state index contributed by atoms with van der Waals surface area (Å²) in [4.78, 5) is 11.3. The fourth-order valence-corrected chi connectivity index (χ4v) is 10.3. The zero-order chi connectivity index (χ0) is 30.4. The number of aliphatic hydroxyl groups is 4. The Hall–Kier alpha value is -1.03. The molecule has 12 atom stereocenters. The van der Waals surface area contributed by atoms with E-state index in [0.717, 1.165) is 44.4 Å². The van der Waals surface area contributed by atoms with E-state index in [1.807, 2.05) is 13.8 Å². The zero-order valence-electron chi connectivity index (χ0n) is 26.5. The number of esters is 1. The maximum Gasteiger partial charge on any atom is 0.303 e. The molecule has 0 radical (unpaired) electrons. The Bertz CT molecular complexity index is 991. The highest BCUT2D eigenvalue weighted by Crippen LogP contribution is 2.67. The molecule has 5 aliphatic rings. The molecule has 4 N–H and O–H groups in total. The normalized spacial score (nSPS) is 44.4. The largest absolute Gasteiger partial charge is 0.457 e. The SMILES string of the molecule is CC(=O)O[C@@H]1CO[C@@H](O[C@H]2CC[C@@]3(CO)C(=CCC4C3CC[C@]3(C)C(C(C)CCCC(C)(C)O)CCC43)C2)C(O)C1O. The van der Waals surface area contributed by atoms with Gasteiger partial charge in [0.1, 0.15) is 12.2 Å². The van der Waals surface area contributed by atoms with Gasteiger partial charge in [0.25, 0.3) is 0 Å². The first kappa shape index (κ1) is 32.4. The van der Waals surface area contributed by atoms with Gasteiger partial charge in [0.2, 0.25) is 0 Å². The van der Waals surface area contributed by atoms with Gasteiger partial charge in [0.15, 0.2) is 12.4 Å². The summed E-state index contributed by atoms with van der Waals surface area (Å²) in [7, 11) is 0. The first-order valence-corrected chi connectivity index (χ1v) is 16.6. The number of hydrogen-bond donors (Lipinski definition) is 4. The van der Waals surface area contributed by atoms with Gasteiger partial charge in [-0.25, -0.2) is 0 Å². The predicted molar refractivity (Wildman–Crippen MR) is 158 cm³/mol. The quantitative estimate of drug-likeness (QED) is 0.228. The Kier molecular flexibility index (Phi) is 9.55. The summed E-state index contributed by atoms with van der Waals surface area (Å²) in [6.45, 7) is 10.2. The lowest BCUT2D eigenvalue weighted by Gasteiger charge is -2.59. The zero-order valence-corrected chi connectivity index (χ0v) is 26.5. The van der Waals surface area contributed by atoms with Crippen LogP contribution in [0.5, 0.6) is 0 Å². The molecule has 8 nitrogen and oxygen atoms in total. The minimum absolute atomic E-state index is 0.0264. The molecule has 0 aromatic heterocycles. The van der Waals surface area contributed by atoms with E-state index in [0.29, 0.717) is 35.5 Å². The van der Waals surface area contributed by atoms with Crippen molar-refractivity contribution in [3.05, 3.63) is 11.6 Å².